The fourth-order valence-corrected chi connectivity index (χ4v) is 1.56. The Kier molecular flexibility index (Phi) is 6.55. The predicted molar refractivity (Wildman–Crippen MR) is 75.2 cm³/mol. The highest BCUT2D eigenvalue weighted by molar-refractivity contribution is 5.93. The maximum absolute atomic E-state index is 11.9. The summed E-state index contributed by atoms with van der Waals surface area (Å²) in [4.78, 5) is 25.3. The zero-order valence-electron chi connectivity index (χ0n) is 12.2. The second-order valence-electron chi connectivity index (χ2n) is 4.87. The third-order valence-electron chi connectivity index (χ3n) is 2.63. The van der Waals surface area contributed by atoms with Gasteiger partial charge in [0.2, 0.25) is 5.91 Å². The molecule has 0 aliphatic rings. The van der Waals surface area contributed by atoms with Gasteiger partial charge in [-0.25, -0.2) is 4.79 Å². The van der Waals surface area contributed by atoms with Gasteiger partial charge in [-0.15, -0.1) is 0 Å². The van der Waals surface area contributed by atoms with E-state index in [1.54, 1.807) is 6.07 Å². The average Bonchev–Trinajstić information content (AvgIpc) is 2.87. The van der Waals surface area contributed by atoms with E-state index >= 15 is 0 Å². The molecule has 0 saturated carbocycles. The maximum atomic E-state index is 11.9. The van der Waals surface area contributed by atoms with Gasteiger partial charge in [0, 0.05) is 19.2 Å². The Hall–Kier alpha value is -2.05. The molecule has 0 aromatic carbocycles. The van der Waals surface area contributed by atoms with E-state index in [1.807, 2.05) is 6.92 Å². The van der Waals surface area contributed by atoms with Gasteiger partial charge in [0.1, 0.15) is 12.8 Å². The van der Waals surface area contributed by atoms with Gasteiger partial charge in [0.05, 0.1) is 0 Å². The molecule has 0 radical (unpaired) electrons. The van der Waals surface area contributed by atoms with Gasteiger partial charge in [-0.3, -0.25) is 4.79 Å². The molecule has 0 aliphatic carbocycles. The Labute approximate surface area is 118 Å². The highest BCUT2D eigenvalue weighted by Gasteiger charge is 2.17. The zero-order valence-corrected chi connectivity index (χ0v) is 12.2. The second kappa shape index (κ2) is 8.19. The van der Waals surface area contributed by atoms with Crippen LogP contribution in [0.15, 0.2) is 16.9 Å². The first-order chi connectivity index (χ1) is 9.52. The fraction of sp³-hybridized carbons (Fsp3) is 0.615. The molecule has 1 aromatic heterocycles. The summed E-state index contributed by atoms with van der Waals surface area (Å²) >= 11 is 0. The smallest absolute Gasteiger partial charge is 0.317 e. The van der Waals surface area contributed by atoms with Crippen LogP contribution in [-0.4, -0.2) is 41.6 Å². The molecule has 0 unspecified atom stereocenters. The molecule has 0 saturated heterocycles. The van der Waals surface area contributed by atoms with E-state index in [4.69, 9.17) is 0 Å². The van der Waals surface area contributed by atoms with E-state index in [0.29, 0.717) is 24.8 Å². The van der Waals surface area contributed by atoms with Crippen LogP contribution in [0.5, 0.6) is 0 Å². The van der Waals surface area contributed by atoms with Crippen molar-refractivity contribution in [2.24, 2.45) is 5.92 Å². The minimum atomic E-state index is -0.297. The number of hydrogen-bond donors (Lipinski definition) is 2. The van der Waals surface area contributed by atoms with Gasteiger partial charge >= 0.3 is 6.03 Å². The molecule has 2 N–H and O–H groups in total. The van der Waals surface area contributed by atoms with Gasteiger partial charge in [-0.1, -0.05) is 19.0 Å². The first-order valence-electron chi connectivity index (χ1n) is 6.76. The number of carbonyl (C=O) groups is 2. The number of amides is 3. The Morgan fingerprint density at radius 1 is 1.45 bits per heavy atom. The summed E-state index contributed by atoms with van der Waals surface area (Å²) in [5.41, 5.74) is 0. The molecule has 20 heavy (non-hydrogen) atoms. The third kappa shape index (κ3) is 5.73. The van der Waals surface area contributed by atoms with Crippen molar-refractivity contribution in [1.82, 2.24) is 15.4 Å². The average molecular weight is 282 g/mol. The Morgan fingerprint density at radius 2 is 2.20 bits per heavy atom. The highest BCUT2D eigenvalue weighted by atomic mass is 16.5. The highest BCUT2D eigenvalue weighted by Crippen LogP contribution is 2.04. The minimum Gasteiger partial charge on any atom is -0.363 e. The van der Waals surface area contributed by atoms with Crippen molar-refractivity contribution >= 4 is 17.8 Å². The number of nitrogens with one attached hydrogen (secondary N) is 2. The van der Waals surface area contributed by atoms with Crippen LogP contribution in [0.4, 0.5) is 10.6 Å². The number of hydrogen-bond acceptors (Lipinski definition) is 4. The normalized spacial score (nSPS) is 10.4. The number of rotatable bonds is 7. The number of aromatic nitrogens is 1. The fourth-order valence-electron chi connectivity index (χ4n) is 1.56. The summed E-state index contributed by atoms with van der Waals surface area (Å²) < 4.78 is 4.63. The Morgan fingerprint density at radius 3 is 2.75 bits per heavy atom. The van der Waals surface area contributed by atoms with Crippen LogP contribution in [0.25, 0.3) is 0 Å². The van der Waals surface area contributed by atoms with Crippen LogP contribution in [0, 0.1) is 5.92 Å². The molecule has 7 heteroatoms. The minimum absolute atomic E-state index is 0.00852. The lowest BCUT2D eigenvalue weighted by molar-refractivity contribution is -0.116. The largest absolute Gasteiger partial charge is 0.363 e. The van der Waals surface area contributed by atoms with Crippen molar-refractivity contribution in [2.75, 3.05) is 25.0 Å². The van der Waals surface area contributed by atoms with Crippen LogP contribution in [0.2, 0.25) is 0 Å². The number of anilines is 1. The van der Waals surface area contributed by atoms with Gasteiger partial charge in [0.25, 0.3) is 0 Å². The molecule has 1 heterocycles. The van der Waals surface area contributed by atoms with Crippen LogP contribution in [0.3, 0.4) is 0 Å². The first kappa shape index (κ1) is 16.0. The summed E-state index contributed by atoms with van der Waals surface area (Å²) in [5, 5.41) is 8.87. The molecule has 3 amide bonds. The van der Waals surface area contributed by atoms with E-state index in [9.17, 15) is 9.59 Å². The van der Waals surface area contributed by atoms with Crippen molar-refractivity contribution in [3.63, 3.8) is 0 Å². The number of nitrogens with zero attached hydrogens (tertiary/aromatic N) is 2. The van der Waals surface area contributed by atoms with Crippen molar-refractivity contribution in [3.8, 4) is 0 Å². The van der Waals surface area contributed by atoms with Crippen molar-refractivity contribution in [1.29, 1.82) is 0 Å². The molecule has 0 spiro atoms. The van der Waals surface area contributed by atoms with Crippen molar-refractivity contribution in [3.05, 3.63) is 12.3 Å². The number of urea groups is 1. The zero-order chi connectivity index (χ0) is 15.0. The van der Waals surface area contributed by atoms with Crippen LogP contribution >= 0.6 is 0 Å². The van der Waals surface area contributed by atoms with E-state index in [1.165, 1.54) is 11.2 Å². The maximum Gasteiger partial charge on any atom is 0.317 e. The van der Waals surface area contributed by atoms with Gasteiger partial charge in [-0.2, -0.15) is 0 Å². The molecule has 1 aromatic rings. The lowest BCUT2D eigenvalue weighted by atomic mass is 10.1. The standard InChI is InChI=1S/C13H22N4O3/c1-4-14-13(19)17(7-5-10(2)3)9-12(18)15-11-6-8-20-16-11/h6,8,10H,4-5,7,9H2,1-3H3,(H,14,19)(H,15,16,18). The molecule has 0 fully saturated rings. The summed E-state index contributed by atoms with van der Waals surface area (Å²) in [6.45, 7) is 7.05. The summed E-state index contributed by atoms with van der Waals surface area (Å²) in [6.07, 6.45) is 2.21. The lowest BCUT2D eigenvalue weighted by Gasteiger charge is -2.22. The Balaban J connectivity index is 2.53. The van der Waals surface area contributed by atoms with Crippen LogP contribution in [0.1, 0.15) is 27.2 Å². The van der Waals surface area contributed by atoms with Gasteiger partial charge in [-0.05, 0) is 19.3 Å². The van der Waals surface area contributed by atoms with E-state index in [0.717, 1.165) is 6.42 Å². The summed E-state index contributed by atoms with van der Waals surface area (Å²) in [5.74, 6) is 0.508. The summed E-state index contributed by atoms with van der Waals surface area (Å²) in [6, 6.07) is 1.31. The van der Waals surface area contributed by atoms with Crippen LogP contribution in [-0.2, 0) is 4.79 Å². The third-order valence-corrected chi connectivity index (χ3v) is 2.63. The van der Waals surface area contributed by atoms with E-state index in [2.05, 4.69) is 34.2 Å². The topological polar surface area (TPSA) is 87.5 Å². The number of carbonyl (C=O) groups excluding carboxylic acids is 2. The Bertz CT molecular complexity index is 417. The molecule has 112 valence electrons. The van der Waals surface area contributed by atoms with Gasteiger partial charge in [0.15, 0.2) is 5.82 Å². The first-order valence-corrected chi connectivity index (χ1v) is 6.76. The molecule has 0 aliphatic heterocycles. The lowest BCUT2D eigenvalue weighted by Crippen LogP contribution is -2.44. The summed E-state index contributed by atoms with van der Waals surface area (Å²) in [7, 11) is 0. The molecular weight excluding hydrogens is 260 g/mol. The van der Waals surface area contributed by atoms with Crippen molar-refractivity contribution < 1.29 is 14.1 Å². The quantitative estimate of drug-likeness (QED) is 0.796. The molecular formula is C13H22N4O3. The van der Waals surface area contributed by atoms with Crippen molar-refractivity contribution in [2.45, 2.75) is 27.2 Å². The second-order valence-corrected chi connectivity index (χ2v) is 4.87. The van der Waals surface area contributed by atoms with E-state index < -0.39 is 0 Å². The monoisotopic (exact) mass is 282 g/mol. The van der Waals surface area contributed by atoms with Crippen LogP contribution < -0.4 is 10.6 Å². The molecule has 7 nitrogen and oxygen atoms in total. The molecule has 0 atom stereocenters. The molecule has 0 bridgehead atoms. The van der Waals surface area contributed by atoms with Gasteiger partial charge < -0.3 is 20.1 Å². The SMILES string of the molecule is CCNC(=O)N(CCC(C)C)CC(=O)Nc1ccon1. The molecule has 1 rings (SSSR count). The predicted octanol–water partition coefficient (Wildman–Crippen LogP) is 1.69. The van der Waals surface area contributed by atoms with E-state index in [-0.39, 0.29) is 18.5 Å².